The monoisotopic (exact) mass is 382 g/mol. The number of anilines is 1. The quantitative estimate of drug-likeness (QED) is 0.730. The third-order valence-corrected chi connectivity index (χ3v) is 4.73. The summed E-state index contributed by atoms with van der Waals surface area (Å²) in [6.07, 6.45) is 1.32. The van der Waals surface area contributed by atoms with E-state index in [1.54, 1.807) is 38.3 Å². The van der Waals surface area contributed by atoms with Crippen LogP contribution in [-0.4, -0.2) is 25.0 Å². The van der Waals surface area contributed by atoms with Gasteiger partial charge in [-0.25, -0.2) is 0 Å². The zero-order valence-corrected chi connectivity index (χ0v) is 16.4. The van der Waals surface area contributed by atoms with Crippen molar-refractivity contribution < 1.29 is 19.1 Å². The van der Waals surface area contributed by atoms with Crippen molar-refractivity contribution in [2.45, 2.75) is 38.8 Å². The molecule has 2 aromatic carbocycles. The summed E-state index contributed by atoms with van der Waals surface area (Å²) in [6, 6.07) is 14.4. The second kappa shape index (κ2) is 8.78. The lowest BCUT2D eigenvalue weighted by Crippen LogP contribution is -2.37. The van der Waals surface area contributed by atoms with Crippen LogP contribution >= 0.6 is 0 Å². The minimum Gasteiger partial charge on any atom is -0.497 e. The van der Waals surface area contributed by atoms with Crippen LogP contribution in [0.25, 0.3) is 0 Å². The summed E-state index contributed by atoms with van der Waals surface area (Å²) in [5.74, 6) is 1.39. The molecule has 0 heterocycles. The fourth-order valence-electron chi connectivity index (χ4n) is 2.77. The van der Waals surface area contributed by atoms with Crippen molar-refractivity contribution in [1.29, 1.82) is 0 Å². The molecule has 1 fully saturated rings. The largest absolute Gasteiger partial charge is 0.497 e. The molecule has 1 aliphatic carbocycles. The Labute approximate surface area is 165 Å². The molecule has 1 saturated carbocycles. The lowest BCUT2D eigenvalue weighted by molar-refractivity contribution is -0.128. The molecule has 3 rings (SSSR count). The van der Waals surface area contributed by atoms with Crippen LogP contribution in [0.5, 0.6) is 11.5 Å². The van der Waals surface area contributed by atoms with Gasteiger partial charge in [-0.1, -0.05) is 12.1 Å². The van der Waals surface area contributed by atoms with Gasteiger partial charge in [-0.2, -0.15) is 0 Å². The van der Waals surface area contributed by atoms with Crippen molar-refractivity contribution >= 4 is 17.5 Å². The summed E-state index contributed by atoms with van der Waals surface area (Å²) in [6.45, 7) is 3.62. The molecule has 0 aliphatic heterocycles. The van der Waals surface area contributed by atoms with E-state index in [1.807, 2.05) is 31.2 Å². The standard InChI is InChI=1S/C22H26N2O4/c1-14(16-6-8-18(9-7-16)24-22(26)17-4-5-17)23-21(25)15(2)28-20-12-10-19(27-3)11-13-20/h6-15,17H,4-5H2,1-3H3,(H,23,25)(H,24,26). The van der Waals surface area contributed by atoms with Gasteiger partial charge in [0.05, 0.1) is 13.2 Å². The first-order valence-electron chi connectivity index (χ1n) is 9.48. The van der Waals surface area contributed by atoms with Crippen LogP contribution in [0.3, 0.4) is 0 Å². The van der Waals surface area contributed by atoms with Crippen molar-refractivity contribution in [2.24, 2.45) is 5.92 Å². The van der Waals surface area contributed by atoms with Gasteiger partial charge in [0.2, 0.25) is 5.91 Å². The van der Waals surface area contributed by atoms with E-state index in [-0.39, 0.29) is 23.8 Å². The lowest BCUT2D eigenvalue weighted by Gasteiger charge is -2.19. The summed E-state index contributed by atoms with van der Waals surface area (Å²) in [4.78, 5) is 24.2. The van der Waals surface area contributed by atoms with Gasteiger partial charge in [-0.3, -0.25) is 9.59 Å². The lowest BCUT2D eigenvalue weighted by atomic mass is 10.1. The Kier molecular flexibility index (Phi) is 6.19. The van der Waals surface area contributed by atoms with Crippen molar-refractivity contribution in [2.75, 3.05) is 12.4 Å². The van der Waals surface area contributed by atoms with Gasteiger partial charge < -0.3 is 20.1 Å². The van der Waals surface area contributed by atoms with Crippen LogP contribution in [0.2, 0.25) is 0 Å². The fraction of sp³-hybridized carbons (Fsp3) is 0.364. The van der Waals surface area contributed by atoms with E-state index in [1.165, 1.54) is 0 Å². The Morgan fingerprint density at radius 1 is 0.964 bits per heavy atom. The third-order valence-electron chi connectivity index (χ3n) is 4.73. The molecule has 0 radical (unpaired) electrons. The zero-order chi connectivity index (χ0) is 20.1. The van der Waals surface area contributed by atoms with Crippen LogP contribution in [0, 0.1) is 5.92 Å². The molecule has 2 amide bonds. The van der Waals surface area contributed by atoms with Crippen molar-refractivity contribution in [3.05, 3.63) is 54.1 Å². The second-order valence-electron chi connectivity index (χ2n) is 7.05. The number of hydrogen-bond acceptors (Lipinski definition) is 4. The molecule has 148 valence electrons. The Morgan fingerprint density at radius 2 is 1.57 bits per heavy atom. The summed E-state index contributed by atoms with van der Waals surface area (Å²) in [5, 5.41) is 5.86. The molecule has 28 heavy (non-hydrogen) atoms. The van der Waals surface area contributed by atoms with Gasteiger partial charge in [-0.15, -0.1) is 0 Å². The molecule has 0 aromatic heterocycles. The third kappa shape index (κ3) is 5.25. The van der Waals surface area contributed by atoms with Crippen molar-refractivity contribution in [3.8, 4) is 11.5 Å². The molecule has 2 atom stereocenters. The van der Waals surface area contributed by atoms with Crippen LogP contribution < -0.4 is 20.1 Å². The van der Waals surface area contributed by atoms with Gasteiger partial charge in [0.15, 0.2) is 6.10 Å². The highest BCUT2D eigenvalue weighted by atomic mass is 16.5. The van der Waals surface area contributed by atoms with Crippen molar-refractivity contribution in [1.82, 2.24) is 5.32 Å². The maximum atomic E-state index is 12.4. The predicted molar refractivity (Wildman–Crippen MR) is 107 cm³/mol. The van der Waals surface area contributed by atoms with Crippen LogP contribution in [0.4, 0.5) is 5.69 Å². The maximum Gasteiger partial charge on any atom is 0.261 e. The number of ether oxygens (including phenoxy) is 2. The number of hydrogen-bond donors (Lipinski definition) is 2. The van der Waals surface area contributed by atoms with Gasteiger partial charge in [-0.05, 0) is 68.7 Å². The summed E-state index contributed by atoms with van der Waals surface area (Å²) >= 11 is 0. The highest BCUT2D eigenvalue weighted by Gasteiger charge is 2.29. The summed E-state index contributed by atoms with van der Waals surface area (Å²) < 4.78 is 10.8. The molecule has 0 spiro atoms. The second-order valence-corrected chi connectivity index (χ2v) is 7.05. The molecular weight excluding hydrogens is 356 g/mol. The number of nitrogens with one attached hydrogen (secondary N) is 2. The minimum absolute atomic E-state index is 0.0820. The number of rotatable bonds is 8. The Bertz CT molecular complexity index is 813. The number of carbonyl (C=O) groups excluding carboxylic acids is 2. The van der Waals surface area contributed by atoms with Crippen LogP contribution in [0.1, 0.15) is 38.3 Å². The summed E-state index contributed by atoms with van der Waals surface area (Å²) in [7, 11) is 1.60. The number of methoxy groups -OCH3 is 1. The average molecular weight is 382 g/mol. The number of benzene rings is 2. The first-order chi connectivity index (χ1) is 13.5. The Morgan fingerprint density at radius 3 is 2.14 bits per heavy atom. The van der Waals surface area contributed by atoms with E-state index in [2.05, 4.69) is 10.6 Å². The van der Waals surface area contributed by atoms with Gasteiger partial charge >= 0.3 is 0 Å². The summed E-state index contributed by atoms with van der Waals surface area (Å²) in [5.41, 5.74) is 1.73. The normalized spacial score (nSPS) is 15.2. The smallest absolute Gasteiger partial charge is 0.261 e. The number of amides is 2. The number of carbonyl (C=O) groups is 2. The molecule has 0 saturated heterocycles. The Hall–Kier alpha value is -3.02. The minimum atomic E-state index is -0.632. The molecule has 6 heteroatoms. The zero-order valence-electron chi connectivity index (χ0n) is 16.4. The van der Waals surface area contributed by atoms with E-state index in [4.69, 9.17) is 9.47 Å². The van der Waals surface area contributed by atoms with E-state index < -0.39 is 6.10 Å². The first-order valence-corrected chi connectivity index (χ1v) is 9.48. The van der Waals surface area contributed by atoms with Gasteiger partial charge in [0.1, 0.15) is 11.5 Å². The van der Waals surface area contributed by atoms with E-state index >= 15 is 0 Å². The Balaban J connectivity index is 1.51. The van der Waals surface area contributed by atoms with E-state index in [0.29, 0.717) is 5.75 Å². The van der Waals surface area contributed by atoms with Crippen LogP contribution in [0.15, 0.2) is 48.5 Å². The van der Waals surface area contributed by atoms with E-state index in [9.17, 15) is 9.59 Å². The van der Waals surface area contributed by atoms with Gasteiger partial charge in [0.25, 0.3) is 5.91 Å². The van der Waals surface area contributed by atoms with Crippen molar-refractivity contribution in [3.63, 3.8) is 0 Å². The topological polar surface area (TPSA) is 76.7 Å². The van der Waals surface area contributed by atoms with Crippen LogP contribution in [-0.2, 0) is 9.59 Å². The van der Waals surface area contributed by atoms with Gasteiger partial charge in [0, 0.05) is 11.6 Å². The molecule has 0 bridgehead atoms. The highest BCUT2D eigenvalue weighted by molar-refractivity contribution is 5.94. The first kappa shape index (κ1) is 19.7. The predicted octanol–water partition coefficient (Wildman–Crippen LogP) is 3.69. The fourth-order valence-corrected chi connectivity index (χ4v) is 2.77. The molecule has 1 aliphatic rings. The molecular formula is C22H26N2O4. The average Bonchev–Trinajstić information content (AvgIpc) is 3.54. The SMILES string of the molecule is COc1ccc(OC(C)C(=O)NC(C)c2ccc(NC(=O)C3CC3)cc2)cc1. The molecule has 2 aromatic rings. The maximum absolute atomic E-state index is 12.4. The highest BCUT2D eigenvalue weighted by Crippen LogP contribution is 2.30. The van der Waals surface area contributed by atoms with E-state index in [0.717, 1.165) is 29.8 Å². The molecule has 2 unspecified atom stereocenters. The molecule has 2 N–H and O–H groups in total. The molecule has 6 nitrogen and oxygen atoms in total.